The molecule has 1 aromatic carbocycles. The smallest absolute Gasteiger partial charge is 0.410 e. The lowest BCUT2D eigenvalue weighted by molar-refractivity contribution is 0.0199. The van der Waals surface area contributed by atoms with Gasteiger partial charge in [-0.3, -0.25) is 0 Å². The van der Waals surface area contributed by atoms with Gasteiger partial charge in [-0.05, 0) is 50.7 Å². The highest BCUT2D eigenvalue weighted by Gasteiger charge is 2.58. The van der Waals surface area contributed by atoms with Gasteiger partial charge in [0.15, 0.2) is 0 Å². The number of amides is 1. The second-order valence-corrected chi connectivity index (χ2v) is 7.64. The van der Waals surface area contributed by atoms with Crippen molar-refractivity contribution >= 4 is 6.09 Å². The van der Waals surface area contributed by atoms with Crippen LogP contribution in [0.2, 0.25) is 0 Å². The van der Waals surface area contributed by atoms with Gasteiger partial charge < -0.3 is 15.4 Å². The van der Waals surface area contributed by atoms with Gasteiger partial charge in [0.2, 0.25) is 0 Å². The van der Waals surface area contributed by atoms with Crippen molar-refractivity contribution in [1.29, 1.82) is 0 Å². The van der Waals surface area contributed by atoms with Gasteiger partial charge in [-0.2, -0.15) is 0 Å². The number of piperidine rings is 1. The summed E-state index contributed by atoms with van der Waals surface area (Å²) >= 11 is 0. The van der Waals surface area contributed by atoms with Gasteiger partial charge in [-0.1, -0.05) is 24.3 Å². The summed E-state index contributed by atoms with van der Waals surface area (Å²) in [5, 5.41) is 0. The van der Waals surface area contributed by atoms with Crippen LogP contribution in [0.5, 0.6) is 0 Å². The van der Waals surface area contributed by atoms with Gasteiger partial charge in [-0.25, -0.2) is 4.79 Å². The lowest BCUT2D eigenvalue weighted by Crippen LogP contribution is -2.43. The first kappa shape index (κ1) is 15.3. The molecule has 1 aliphatic heterocycles. The van der Waals surface area contributed by atoms with Gasteiger partial charge in [-0.15, -0.1) is 0 Å². The van der Waals surface area contributed by atoms with Crippen molar-refractivity contribution in [3.63, 3.8) is 0 Å². The Bertz CT molecular complexity index is 579. The summed E-state index contributed by atoms with van der Waals surface area (Å²) in [5.74, 6) is 0.557. The molecule has 0 aromatic heterocycles. The Hall–Kier alpha value is -1.55. The number of benzene rings is 1. The number of hydrogen-bond donors (Lipinski definition) is 1. The number of carbonyl (C=O) groups excluding carboxylic acids is 1. The highest BCUT2D eigenvalue weighted by Crippen LogP contribution is 2.59. The normalized spacial score (nSPS) is 27.3. The summed E-state index contributed by atoms with van der Waals surface area (Å²) in [7, 11) is 0. The van der Waals surface area contributed by atoms with Crippen molar-refractivity contribution < 1.29 is 9.53 Å². The summed E-state index contributed by atoms with van der Waals surface area (Å²) < 4.78 is 5.49. The van der Waals surface area contributed by atoms with E-state index in [1.165, 1.54) is 17.5 Å². The quantitative estimate of drug-likeness (QED) is 0.913. The lowest BCUT2D eigenvalue weighted by atomic mass is 9.86. The number of nitrogens with zero attached hydrogens (tertiary/aromatic N) is 1. The maximum Gasteiger partial charge on any atom is 0.410 e. The van der Waals surface area contributed by atoms with Gasteiger partial charge in [0, 0.05) is 25.0 Å². The second-order valence-electron chi connectivity index (χ2n) is 7.64. The fourth-order valence-electron chi connectivity index (χ4n) is 3.62. The number of nitrogens with two attached hydrogens (primary N) is 1. The minimum absolute atomic E-state index is 0.177. The maximum absolute atomic E-state index is 12.2. The average Bonchev–Trinajstić information content (AvgIpc) is 3.20. The summed E-state index contributed by atoms with van der Waals surface area (Å²) in [6.07, 6.45) is 2.01. The van der Waals surface area contributed by atoms with Crippen LogP contribution in [-0.2, 0) is 16.7 Å². The minimum Gasteiger partial charge on any atom is -0.444 e. The Morgan fingerprint density at radius 2 is 2.23 bits per heavy atom. The van der Waals surface area contributed by atoms with Gasteiger partial charge in [0.25, 0.3) is 0 Å². The molecule has 3 rings (SSSR count). The molecule has 1 saturated carbocycles. The number of rotatable bonds is 2. The standard InChI is InChI=1S/C18H26N2O2/c1-17(2,3)22-16(21)20-8-7-18(10-15(18)12-20)14-6-4-5-13(9-14)11-19/h4-6,9,15H,7-8,10-12,19H2,1-3H3. The summed E-state index contributed by atoms with van der Waals surface area (Å²) in [4.78, 5) is 14.1. The highest BCUT2D eigenvalue weighted by atomic mass is 16.6. The molecule has 2 N–H and O–H groups in total. The third-order valence-corrected chi connectivity index (χ3v) is 4.89. The Morgan fingerprint density at radius 1 is 1.45 bits per heavy atom. The first-order valence-electron chi connectivity index (χ1n) is 8.11. The number of likely N-dealkylation sites (tertiary alicyclic amines) is 1. The van der Waals surface area contributed by atoms with E-state index in [1.54, 1.807) is 0 Å². The molecule has 1 amide bonds. The molecule has 0 spiro atoms. The highest BCUT2D eigenvalue weighted by molar-refractivity contribution is 5.68. The van der Waals surface area contributed by atoms with E-state index in [0.29, 0.717) is 12.5 Å². The van der Waals surface area contributed by atoms with Gasteiger partial charge in [0.1, 0.15) is 5.60 Å². The van der Waals surface area contributed by atoms with Crippen LogP contribution in [0.3, 0.4) is 0 Å². The third kappa shape index (κ3) is 2.84. The Morgan fingerprint density at radius 3 is 2.86 bits per heavy atom. The van der Waals surface area contributed by atoms with E-state index in [4.69, 9.17) is 10.5 Å². The molecular weight excluding hydrogens is 276 g/mol. The molecule has 1 heterocycles. The van der Waals surface area contributed by atoms with Crippen molar-refractivity contribution in [3.8, 4) is 0 Å². The molecule has 4 heteroatoms. The Balaban J connectivity index is 1.67. The molecule has 0 radical (unpaired) electrons. The zero-order valence-corrected chi connectivity index (χ0v) is 13.8. The molecule has 2 atom stereocenters. The van der Waals surface area contributed by atoms with E-state index >= 15 is 0 Å². The summed E-state index contributed by atoms with van der Waals surface area (Å²) in [6, 6.07) is 8.63. The zero-order valence-electron chi connectivity index (χ0n) is 13.8. The lowest BCUT2D eigenvalue weighted by Gasteiger charge is -2.33. The van der Waals surface area contributed by atoms with E-state index < -0.39 is 5.60 Å². The summed E-state index contributed by atoms with van der Waals surface area (Å²) in [6.45, 7) is 7.90. The number of ether oxygens (including phenoxy) is 1. The maximum atomic E-state index is 12.2. The topological polar surface area (TPSA) is 55.6 Å². The van der Waals surface area contributed by atoms with E-state index in [1.807, 2.05) is 25.7 Å². The van der Waals surface area contributed by atoms with Crippen LogP contribution >= 0.6 is 0 Å². The number of carbonyl (C=O) groups is 1. The third-order valence-electron chi connectivity index (χ3n) is 4.89. The van der Waals surface area contributed by atoms with Crippen LogP contribution < -0.4 is 5.73 Å². The molecular formula is C18H26N2O2. The molecule has 22 heavy (non-hydrogen) atoms. The molecule has 120 valence electrons. The van der Waals surface area contributed by atoms with Crippen molar-refractivity contribution in [1.82, 2.24) is 4.90 Å². The SMILES string of the molecule is CC(C)(C)OC(=O)N1CCC2(c3cccc(CN)c3)CC2C1. The van der Waals surface area contributed by atoms with E-state index in [2.05, 4.69) is 24.3 Å². The first-order chi connectivity index (χ1) is 10.3. The fourth-order valence-corrected chi connectivity index (χ4v) is 3.62. The Labute approximate surface area is 132 Å². The van der Waals surface area contributed by atoms with Crippen LogP contribution in [0.1, 0.15) is 44.7 Å². The monoisotopic (exact) mass is 302 g/mol. The van der Waals surface area contributed by atoms with Gasteiger partial charge in [0.05, 0.1) is 0 Å². The van der Waals surface area contributed by atoms with Crippen LogP contribution in [0, 0.1) is 5.92 Å². The zero-order chi connectivity index (χ0) is 16.0. The minimum atomic E-state index is -0.426. The molecule has 2 aliphatic rings. The van der Waals surface area contributed by atoms with Crippen molar-refractivity contribution in [2.45, 2.75) is 51.2 Å². The molecule has 0 bridgehead atoms. The first-order valence-corrected chi connectivity index (χ1v) is 8.11. The predicted octanol–water partition coefficient (Wildman–Crippen LogP) is 3.04. The molecule has 1 aromatic rings. The van der Waals surface area contributed by atoms with E-state index in [-0.39, 0.29) is 11.5 Å². The summed E-state index contributed by atoms with van der Waals surface area (Å²) in [5.41, 5.74) is 8.18. The van der Waals surface area contributed by atoms with Crippen molar-refractivity contribution in [2.75, 3.05) is 13.1 Å². The number of hydrogen-bond acceptors (Lipinski definition) is 3. The Kier molecular flexibility index (Phi) is 3.68. The largest absolute Gasteiger partial charge is 0.444 e. The molecule has 1 aliphatic carbocycles. The van der Waals surface area contributed by atoms with Crippen LogP contribution in [-0.4, -0.2) is 29.7 Å². The van der Waals surface area contributed by atoms with E-state index in [9.17, 15) is 4.79 Å². The van der Waals surface area contributed by atoms with E-state index in [0.717, 1.165) is 19.5 Å². The number of fused-ring (bicyclic) bond motifs is 1. The fraction of sp³-hybridized carbons (Fsp3) is 0.611. The van der Waals surface area contributed by atoms with Gasteiger partial charge >= 0.3 is 6.09 Å². The van der Waals surface area contributed by atoms with Crippen molar-refractivity contribution in [3.05, 3.63) is 35.4 Å². The molecule has 2 fully saturated rings. The van der Waals surface area contributed by atoms with Crippen LogP contribution in [0.15, 0.2) is 24.3 Å². The molecule has 2 unspecified atom stereocenters. The molecule has 4 nitrogen and oxygen atoms in total. The average molecular weight is 302 g/mol. The van der Waals surface area contributed by atoms with Crippen LogP contribution in [0.4, 0.5) is 4.79 Å². The molecule has 1 saturated heterocycles. The van der Waals surface area contributed by atoms with Crippen molar-refractivity contribution in [2.24, 2.45) is 11.7 Å². The predicted molar refractivity (Wildman–Crippen MR) is 86.5 cm³/mol. The second kappa shape index (κ2) is 5.27. The van der Waals surface area contributed by atoms with Crippen LogP contribution in [0.25, 0.3) is 0 Å².